The van der Waals surface area contributed by atoms with E-state index in [0.717, 1.165) is 22.7 Å². The first kappa shape index (κ1) is 17.1. The van der Waals surface area contributed by atoms with Gasteiger partial charge in [0.25, 0.3) is 0 Å². The average Bonchev–Trinajstić information content (AvgIpc) is 2.94. The summed E-state index contributed by atoms with van der Waals surface area (Å²) in [5.74, 6) is 0.433. The number of aryl methyl sites for hydroxylation is 2. The number of aliphatic imine (C=N–C) groups is 1. The van der Waals surface area contributed by atoms with Crippen LogP contribution in [0.4, 0.5) is 5.69 Å². The van der Waals surface area contributed by atoms with Gasteiger partial charge in [0.05, 0.1) is 6.54 Å². The largest absolute Gasteiger partial charge is 0.370 e. The fraction of sp³-hybridized carbons (Fsp3) is 0.235. The van der Waals surface area contributed by atoms with Gasteiger partial charge in [-0.1, -0.05) is 29.8 Å². The summed E-state index contributed by atoms with van der Waals surface area (Å²) in [6.07, 6.45) is 3.60. The second kappa shape index (κ2) is 7.83. The lowest BCUT2D eigenvalue weighted by Gasteiger charge is -2.08. The van der Waals surface area contributed by atoms with Gasteiger partial charge in [0.15, 0.2) is 5.96 Å². The van der Waals surface area contributed by atoms with Crippen LogP contribution >= 0.6 is 35.6 Å². The van der Waals surface area contributed by atoms with Crippen molar-refractivity contribution in [3.63, 3.8) is 0 Å². The zero-order valence-corrected chi connectivity index (χ0v) is 15.3. The van der Waals surface area contributed by atoms with E-state index in [1.807, 2.05) is 24.3 Å². The molecule has 3 nitrogen and oxygen atoms in total. The highest BCUT2D eigenvalue weighted by atomic mass is 127. The molecule has 0 fully saturated rings. The van der Waals surface area contributed by atoms with Gasteiger partial charge < -0.3 is 11.1 Å². The van der Waals surface area contributed by atoms with E-state index >= 15 is 0 Å². The zero-order valence-electron chi connectivity index (χ0n) is 12.2. The molecule has 0 heterocycles. The molecule has 0 saturated heterocycles. The van der Waals surface area contributed by atoms with Crippen LogP contribution in [0, 0.1) is 0 Å². The van der Waals surface area contributed by atoms with Gasteiger partial charge in [-0.25, -0.2) is 4.99 Å². The van der Waals surface area contributed by atoms with E-state index in [9.17, 15) is 0 Å². The topological polar surface area (TPSA) is 50.4 Å². The third-order valence-corrected chi connectivity index (χ3v) is 3.97. The lowest BCUT2D eigenvalue weighted by molar-refractivity contribution is 0.912. The molecule has 1 aliphatic carbocycles. The van der Waals surface area contributed by atoms with Crippen LogP contribution in [-0.2, 0) is 19.4 Å². The molecule has 3 N–H and O–H groups in total. The van der Waals surface area contributed by atoms with Crippen LogP contribution in [-0.4, -0.2) is 5.96 Å². The molecule has 0 aliphatic heterocycles. The minimum Gasteiger partial charge on any atom is -0.370 e. The Morgan fingerprint density at radius 3 is 2.59 bits per heavy atom. The maximum atomic E-state index is 5.94. The smallest absolute Gasteiger partial charge is 0.193 e. The number of nitrogens with two attached hydrogens (primary N) is 1. The van der Waals surface area contributed by atoms with E-state index in [0.29, 0.717) is 12.5 Å². The highest BCUT2D eigenvalue weighted by Crippen LogP contribution is 2.24. The number of halogens is 2. The Kier molecular flexibility index (Phi) is 6.08. The van der Waals surface area contributed by atoms with Crippen LogP contribution in [0.5, 0.6) is 0 Å². The van der Waals surface area contributed by atoms with Crippen molar-refractivity contribution in [1.82, 2.24) is 0 Å². The molecular weight excluding hydrogens is 409 g/mol. The lowest BCUT2D eigenvalue weighted by atomic mass is 10.1. The minimum absolute atomic E-state index is 0. The van der Waals surface area contributed by atoms with Crippen molar-refractivity contribution in [2.24, 2.45) is 10.7 Å². The summed E-state index contributed by atoms with van der Waals surface area (Å²) in [6.45, 7) is 0.543. The summed E-state index contributed by atoms with van der Waals surface area (Å²) in [5.41, 5.74) is 10.9. The van der Waals surface area contributed by atoms with E-state index < -0.39 is 0 Å². The van der Waals surface area contributed by atoms with Crippen LogP contribution in [0.2, 0.25) is 5.02 Å². The predicted octanol–water partition coefficient (Wildman–Crippen LogP) is 4.37. The summed E-state index contributed by atoms with van der Waals surface area (Å²) in [4.78, 5) is 4.35. The van der Waals surface area contributed by atoms with Gasteiger partial charge in [-0.2, -0.15) is 0 Å². The Labute approximate surface area is 153 Å². The standard InChI is InChI=1S/C17H18ClN3.HI/c18-15-7-4-12(5-8-15)11-20-17(19)21-16-9-6-13-2-1-3-14(13)10-16;/h4-10H,1-3,11H2,(H3,19,20,21);1H. The molecule has 0 atom stereocenters. The molecule has 116 valence electrons. The van der Waals surface area contributed by atoms with Crippen molar-refractivity contribution in [1.29, 1.82) is 0 Å². The SMILES string of the molecule is I.NC(=NCc1ccc(Cl)cc1)Nc1ccc2c(c1)CCC2. The van der Waals surface area contributed by atoms with E-state index in [1.54, 1.807) is 0 Å². The maximum absolute atomic E-state index is 5.94. The van der Waals surface area contributed by atoms with E-state index in [1.165, 1.54) is 24.0 Å². The van der Waals surface area contributed by atoms with Crippen LogP contribution in [0.25, 0.3) is 0 Å². The summed E-state index contributed by atoms with van der Waals surface area (Å²) >= 11 is 5.86. The molecule has 3 rings (SSSR count). The molecular formula is C17H19ClIN3. The number of nitrogens with zero attached hydrogens (tertiary/aromatic N) is 1. The Morgan fingerprint density at radius 2 is 1.82 bits per heavy atom. The fourth-order valence-corrected chi connectivity index (χ4v) is 2.73. The first-order valence-electron chi connectivity index (χ1n) is 7.14. The quantitative estimate of drug-likeness (QED) is 0.434. The molecule has 22 heavy (non-hydrogen) atoms. The second-order valence-corrected chi connectivity index (χ2v) is 5.73. The molecule has 0 amide bonds. The molecule has 0 bridgehead atoms. The first-order chi connectivity index (χ1) is 10.2. The second-order valence-electron chi connectivity index (χ2n) is 5.29. The summed E-state index contributed by atoms with van der Waals surface area (Å²) in [6, 6.07) is 14.0. The fourth-order valence-electron chi connectivity index (χ4n) is 2.60. The maximum Gasteiger partial charge on any atom is 0.193 e. The van der Waals surface area contributed by atoms with Gasteiger partial charge in [0, 0.05) is 10.7 Å². The number of rotatable bonds is 3. The van der Waals surface area contributed by atoms with Gasteiger partial charge in [0.1, 0.15) is 0 Å². The zero-order chi connectivity index (χ0) is 14.7. The monoisotopic (exact) mass is 427 g/mol. The van der Waals surface area contributed by atoms with Crippen molar-refractivity contribution in [2.45, 2.75) is 25.8 Å². The van der Waals surface area contributed by atoms with Crippen LogP contribution in [0.3, 0.4) is 0 Å². The Balaban J connectivity index is 0.00000176. The van der Waals surface area contributed by atoms with Crippen molar-refractivity contribution < 1.29 is 0 Å². The van der Waals surface area contributed by atoms with E-state index in [-0.39, 0.29) is 24.0 Å². The van der Waals surface area contributed by atoms with Crippen LogP contribution < -0.4 is 11.1 Å². The normalized spacial score (nSPS) is 13.4. The molecule has 0 spiro atoms. The van der Waals surface area contributed by atoms with Crippen LogP contribution in [0.15, 0.2) is 47.5 Å². The van der Waals surface area contributed by atoms with Gasteiger partial charge in [0.2, 0.25) is 0 Å². The lowest BCUT2D eigenvalue weighted by Crippen LogP contribution is -2.22. The molecule has 1 aliphatic rings. The Hall–Kier alpha value is -1.27. The van der Waals surface area contributed by atoms with Gasteiger partial charge in [-0.3, -0.25) is 0 Å². The van der Waals surface area contributed by atoms with Crippen molar-refractivity contribution in [2.75, 3.05) is 5.32 Å². The highest BCUT2D eigenvalue weighted by Gasteiger charge is 2.10. The highest BCUT2D eigenvalue weighted by molar-refractivity contribution is 14.0. The molecule has 0 unspecified atom stereocenters. The van der Waals surface area contributed by atoms with Crippen molar-refractivity contribution in [3.05, 3.63) is 64.2 Å². The Morgan fingerprint density at radius 1 is 1.09 bits per heavy atom. The number of hydrogen-bond acceptors (Lipinski definition) is 1. The van der Waals surface area contributed by atoms with E-state index in [4.69, 9.17) is 17.3 Å². The van der Waals surface area contributed by atoms with Gasteiger partial charge in [-0.05, 0) is 60.2 Å². The number of benzene rings is 2. The van der Waals surface area contributed by atoms with E-state index in [2.05, 4.69) is 28.5 Å². The van der Waals surface area contributed by atoms with Gasteiger partial charge in [-0.15, -0.1) is 24.0 Å². The molecule has 0 radical (unpaired) electrons. The number of hydrogen-bond donors (Lipinski definition) is 2. The third-order valence-electron chi connectivity index (χ3n) is 3.72. The summed E-state index contributed by atoms with van der Waals surface area (Å²) in [7, 11) is 0. The molecule has 2 aromatic rings. The first-order valence-corrected chi connectivity index (χ1v) is 7.52. The van der Waals surface area contributed by atoms with Gasteiger partial charge >= 0.3 is 0 Å². The number of anilines is 1. The number of fused-ring (bicyclic) bond motifs is 1. The summed E-state index contributed by atoms with van der Waals surface area (Å²) < 4.78 is 0. The molecule has 2 aromatic carbocycles. The van der Waals surface area contributed by atoms with Crippen LogP contribution in [0.1, 0.15) is 23.1 Å². The third kappa shape index (κ3) is 4.36. The minimum atomic E-state index is 0. The van der Waals surface area contributed by atoms with Crippen molar-refractivity contribution >= 4 is 47.2 Å². The molecule has 5 heteroatoms. The average molecular weight is 428 g/mol. The predicted molar refractivity (Wildman–Crippen MR) is 104 cm³/mol. The van der Waals surface area contributed by atoms with Crippen molar-refractivity contribution in [3.8, 4) is 0 Å². The summed E-state index contributed by atoms with van der Waals surface area (Å²) in [5, 5.41) is 3.88. The number of guanidine groups is 1. The Bertz CT molecular complexity index is 668. The molecule has 0 aromatic heterocycles. The number of nitrogens with one attached hydrogen (secondary N) is 1. The molecule has 0 saturated carbocycles.